The number of nitrogens with one attached hydrogen (secondary N) is 1. The van der Waals surface area contributed by atoms with Crippen molar-refractivity contribution >= 4 is 6.08 Å². The van der Waals surface area contributed by atoms with E-state index in [2.05, 4.69) is 5.32 Å². The maximum atomic E-state index is 9.09. The molecule has 0 amide bonds. The summed E-state index contributed by atoms with van der Waals surface area (Å²) in [4.78, 5) is 0. The van der Waals surface area contributed by atoms with Crippen LogP contribution in [0.15, 0.2) is 36.4 Å². The van der Waals surface area contributed by atoms with Gasteiger partial charge >= 0.3 is 0 Å². The summed E-state index contributed by atoms with van der Waals surface area (Å²) in [6, 6.07) is 9.81. The van der Waals surface area contributed by atoms with Crippen molar-refractivity contribution in [3.63, 3.8) is 0 Å². The molecule has 17 heavy (non-hydrogen) atoms. The van der Waals surface area contributed by atoms with Crippen LogP contribution in [0.1, 0.15) is 5.56 Å². The van der Waals surface area contributed by atoms with Crippen LogP contribution in [0.25, 0.3) is 6.08 Å². The average molecular weight is 237 g/mol. The fraction of sp³-hybridized carbons (Fsp3) is 0.385. The molecular weight excluding hydrogens is 218 g/mol. The highest BCUT2D eigenvalue weighted by Crippen LogP contribution is 2.03. The first kappa shape index (κ1) is 13.9. The van der Waals surface area contributed by atoms with Crippen molar-refractivity contribution in [3.05, 3.63) is 42.0 Å². The first-order valence-electron chi connectivity index (χ1n) is 5.55. The van der Waals surface area contributed by atoms with Gasteiger partial charge in [0, 0.05) is 6.54 Å². The van der Waals surface area contributed by atoms with E-state index in [9.17, 15) is 0 Å². The van der Waals surface area contributed by atoms with Crippen LogP contribution in [-0.4, -0.2) is 47.2 Å². The van der Waals surface area contributed by atoms with Crippen LogP contribution in [0.3, 0.4) is 0 Å². The van der Waals surface area contributed by atoms with Gasteiger partial charge in [0.25, 0.3) is 0 Å². The molecular formula is C13H19NO3. The molecule has 4 N–H and O–H groups in total. The molecule has 0 heterocycles. The Labute approximate surface area is 101 Å². The lowest BCUT2D eigenvalue weighted by atomic mass is 10.0. The van der Waals surface area contributed by atoms with Crippen molar-refractivity contribution in [2.24, 2.45) is 0 Å². The van der Waals surface area contributed by atoms with Gasteiger partial charge in [-0.15, -0.1) is 0 Å². The van der Waals surface area contributed by atoms with Crippen molar-refractivity contribution in [3.8, 4) is 0 Å². The second-order valence-corrected chi connectivity index (χ2v) is 3.95. The molecule has 0 fully saturated rings. The van der Waals surface area contributed by atoms with Gasteiger partial charge in [-0.2, -0.15) is 0 Å². The molecule has 94 valence electrons. The zero-order valence-electron chi connectivity index (χ0n) is 9.71. The molecule has 0 spiro atoms. The molecule has 0 saturated carbocycles. The number of rotatable bonds is 7. The molecule has 0 bridgehead atoms. The van der Waals surface area contributed by atoms with Crippen molar-refractivity contribution in [1.29, 1.82) is 0 Å². The third-order valence-corrected chi connectivity index (χ3v) is 2.61. The van der Waals surface area contributed by atoms with Gasteiger partial charge in [0.15, 0.2) is 0 Å². The van der Waals surface area contributed by atoms with Crippen molar-refractivity contribution < 1.29 is 15.3 Å². The predicted octanol–water partition coefficient (Wildman–Crippen LogP) is 0.00510. The Kier molecular flexibility index (Phi) is 5.86. The molecule has 4 nitrogen and oxygen atoms in total. The molecule has 1 rings (SSSR count). The minimum absolute atomic E-state index is 0.306. The third-order valence-electron chi connectivity index (χ3n) is 2.61. The number of hydrogen-bond acceptors (Lipinski definition) is 4. The van der Waals surface area contributed by atoms with Crippen molar-refractivity contribution in [2.75, 3.05) is 26.4 Å². The standard InChI is InChI=1S/C13H19NO3/c15-9-13(10-16,11-17)14-8-4-7-12-5-2-1-3-6-12/h1-7,14-17H,8-11H2. The second kappa shape index (κ2) is 7.19. The van der Waals surface area contributed by atoms with Gasteiger partial charge in [0.2, 0.25) is 0 Å². The summed E-state index contributed by atoms with van der Waals surface area (Å²) in [7, 11) is 0. The first-order chi connectivity index (χ1) is 8.26. The fourth-order valence-electron chi connectivity index (χ4n) is 1.35. The summed E-state index contributed by atoms with van der Waals surface area (Å²) in [6.45, 7) is -0.450. The van der Waals surface area contributed by atoms with Crippen LogP contribution in [0, 0.1) is 0 Å². The first-order valence-corrected chi connectivity index (χ1v) is 5.55. The van der Waals surface area contributed by atoms with E-state index in [1.807, 2.05) is 42.5 Å². The zero-order valence-corrected chi connectivity index (χ0v) is 9.71. The highest BCUT2D eigenvalue weighted by atomic mass is 16.3. The number of hydrogen-bond donors (Lipinski definition) is 4. The Balaban J connectivity index is 2.44. The maximum absolute atomic E-state index is 9.09. The van der Waals surface area contributed by atoms with Crippen LogP contribution in [0.5, 0.6) is 0 Å². The van der Waals surface area contributed by atoms with Gasteiger partial charge in [0.05, 0.1) is 25.4 Å². The summed E-state index contributed by atoms with van der Waals surface area (Å²) in [6.07, 6.45) is 3.81. The maximum Gasteiger partial charge on any atom is 0.0884 e. The van der Waals surface area contributed by atoms with E-state index in [-0.39, 0.29) is 19.8 Å². The van der Waals surface area contributed by atoms with Gasteiger partial charge in [-0.05, 0) is 5.56 Å². The average Bonchev–Trinajstić information content (AvgIpc) is 2.41. The third kappa shape index (κ3) is 4.28. The Bertz CT molecular complexity index is 326. The Hall–Kier alpha value is -1.20. The fourth-order valence-corrected chi connectivity index (χ4v) is 1.35. The molecule has 0 unspecified atom stereocenters. The molecule has 0 radical (unpaired) electrons. The summed E-state index contributed by atoms with van der Waals surface area (Å²) in [5.41, 5.74) is 0.0676. The van der Waals surface area contributed by atoms with E-state index < -0.39 is 5.54 Å². The smallest absolute Gasteiger partial charge is 0.0884 e. The number of aliphatic hydroxyl groups excluding tert-OH is 3. The SMILES string of the molecule is OCC(CO)(CO)NCC=Cc1ccccc1. The predicted molar refractivity (Wildman–Crippen MR) is 67.5 cm³/mol. The van der Waals surface area contributed by atoms with Gasteiger partial charge in [0.1, 0.15) is 0 Å². The van der Waals surface area contributed by atoms with Crippen LogP contribution in [0.2, 0.25) is 0 Å². The van der Waals surface area contributed by atoms with Crippen LogP contribution < -0.4 is 5.32 Å². The lowest BCUT2D eigenvalue weighted by molar-refractivity contribution is 0.0452. The summed E-state index contributed by atoms with van der Waals surface area (Å²) >= 11 is 0. The minimum Gasteiger partial charge on any atom is -0.394 e. The van der Waals surface area contributed by atoms with Crippen LogP contribution in [-0.2, 0) is 0 Å². The van der Waals surface area contributed by atoms with Crippen LogP contribution >= 0.6 is 0 Å². The summed E-state index contributed by atoms with van der Waals surface area (Å²) < 4.78 is 0. The van der Waals surface area contributed by atoms with Gasteiger partial charge in [-0.3, -0.25) is 0 Å². The van der Waals surface area contributed by atoms with Gasteiger partial charge in [-0.25, -0.2) is 0 Å². The molecule has 0 atom stereocenters. The van der Waals surface area contributed by atoms with Crippen molar-refractivity contribution in [2.45, 2.75) is 5.54 Å². The molecule has 0 saturated heterocycles. The Morgan fingerprint density at radius 1 is 1.00 bits per heavy atom. The quantitative estimate of drug-likeness (QED) is 0.539. The highest BCUT2D eigenvalue weighted by Gasteiger charge is 2.26. The number of benzene rings is 1. The van der Waals surface area contributed by atoms with E-state index in [1.165, 1.54) is 0 Å². The van der Waals surface area contributed by atoms with Gasteiger partial charge in [-0.1, -0.05) is 42.5 Å². The number of aliphatic hydroxyl groups is 3. The van der Waals surface area contributed by atoms with E-state index in [4.69, 9.17) is 15.3 Å². The lowest BCUT2D eigenvalue weighted by Gasteiger charge is -2.28. The minimum atomic E-state index is -1.01. The zero-order chi connectivity index (χ0) is 12.6. The normalized spacial score (nSPS) is 12.2. The highest BCUT2D eigenvalue weighted by molar-refractivity contribution is 5.48. The Morgan fingerprint density at radius 3 is 2.12 bits per heavy atom. The Morgan fingerprint density at radius 2 is 1.59 bits per heavy atom. The summed E-state index contributed by atoms with van der Waals surface area (Å²) in [5, 5.41) is 30.2. The van der Waals surface area contributed by atoms with E-state index >= 15 is 0 Å². The molecule has 0 aliphatic carbocycles. The largest absolute Gasteiger partial charge is 0.394 e. The molecule has 0 aliphatic rings. The summed E-state index contributed by atoms with van der Waals surface area (Å²) in [5.74, 6) is 0. The van der Waals surface area contributed by atoms with E-state index in [1.54, 1.807) is 0 Å². The molecule has 1 aromatic rings. The van der Waals surface area contributed by atoms with E-state index in [0.717, 1.165) is 5.56 Å². The topological polar surface area (TPSA) is 72.7 Å². The van der Waals surface area contributed by atoms with Crippen LogP contribution in [0.4, 0.5) is 0 Å². The molecule has 0 aromatic heterocycles. The van der Waals surface area contributed by atoms with E-state index in [0.29, 0.717) is 6.54 Å². The monoisotopic (exact) mass is 237 g/mol. The van der Waals surface area contributed by atoms with Gasteiger partial charge < -0.3 is 20.6 Å². The molecule has 4 heteroatoms. The van der Waals surface area contributed by atoms with Crippen molar-refractivity contribution in [1.82, 2.24) is 5.32 Å². The lowest BCUT2D eigenvalue weighted by Crippen LogP contribution is -2.54. The second-order valence-electron chi connectivity index (χ2n) is 3.95. The molecule has 0 aliphatic heterocycles. The molecule has 1 aromatic carbocycles.